The highest BCUT2D eigenvalue weighted by Gasteiger charge is 2.43. The summed E-state index contributed by atoms with van der Waals surface area (Å²) in [4.78, 5) is 0. The smallest absolute Gasteiger partial charge is 0.0620 e. The van der Waals surface area contributed by atoms with Crippen molar-refractivity contribution in [3.63, 3.8) is 0 Å². The van der Waals surface area contributed by atoms with E-state index in [1.807, 2.05) is 0 Å². The number of aryl methyl sites for hydroxylation is 2. The molecule has 0 aliphatic heterocycles. The molecule has 0 saturated carbocycles. The maximum absolute atomic E-state index is 2.39. The molecule has 0 saturated heterocycles. The van der Waals surface area contributed by atoms with E-state index in [2.05, 4.69) is 99.6 Å². The highest BCUT2D eigenvalue weighted by atomic mass is 31.2. The van der Waals surface area contributed by atoms with E-state index in [9.17, 15) is 0 Å². The van der Waals surface area contributed by atoms with Crippen LogP contribution in [0.2, 0.25) is 0 Å². The van der Waals surface area contributed by atoms with Gasteiger partial charge >= 0.3 is 0 Å². The number of hydrogen-bond donors (Lipinski definition) is 0. The quantitative estimate of drug-likeness (QED) is 0.616. The molecule has 1 heteroatoms. The molecule has 0 radical (unpaired) electrons. The van der Waals surface area contributed by atoms with Crippen molar-refractivity contribution < 1.29 is 0 Å². The van der Waals surface area contributed by atoms with Crippen LogP contribution in [0.3, 0.4) is 0 Å². The first-order valence-corrected chi connectivity index (χ1v) is 10.2. The number of rotatable bonds is 4. The highest BCUT2D eigenvalue weighted by molar-refractivity contribution is 7.95. The molecule has 0 fully saturated rings. The van der Waals surface area contributed by atoms with Crippen molar-refractivity contribution in [1.82, 2.24) is 0 Å². The molecule has 0 atom stereocenters. The fourth-order valence-electron chi connectivity index (χ4n) is 3.53. The lowest BCUT2D eigenvalue weighted by Crippen LogP contribution is -2.33. The van der Waals surface area contributed by atoms with Crippen LogP contribution in [0.25, 0.3) is 0 Å². The Morgan fingerprint density at radius 1 is 0.609 bits per heavy atom. The molecule has 0 spiro atoms. The zero-order valence-electron chi connectivity index (χ0n) is 14.2. The van der Waals surface area contributed by atoms with Gasteiger partial charge in [-0.1, -0.05) is 42.5 Å². The molecule has 0 bridgehead atoms. The average Bonchev–Trinajstić information content (AvgIpc) is 2.57. The Bertz CT molecular complexity index is 716. The zero-order chi connectivity index (χ0) is 16.3. The Balaban J connectivity index is 2.33. The van der Waals surface area contributed by atoms with Crippen molar-refractivity contribution >= 4 is 23.2 Å². The van der Waals surface area contributed by atoms with E-state index < -0.39 is 7.26 Å². The standard InChI is InChI=1S/C22H24P/c1-4-23(20-11-7-5-8-12-20,21-13-9-6-10-14-21)22-16-18(2)15-19(3)17-22/h5-17H,4H2,1-3H3/q+1. The highest BCUT2D eigenvalue weighted by Crippen LogP contribution is 2.55. The van der Waals surface area contributed by atoms with Gasteiger partial charge < -0.3 is 0 Å². The lowest BCUT2D eigenvalue weighted by Gasteiger charge is -2.27. The van der Waals surface area contributed by atoms with Crippen LogP contribution >= 0.6 is 7.26 Å². The van der Waals surface area contributed by atoms with Crippen LogP contribution in [0.15, 0.2) is 78.9 Å². The van der Waals surface area contributed by atoms with Gasteiger partial charge in [-0.25, -0.2) is 0 Å². The van der Waals surface area contributed by atoms with Gasteiger partial charge in [0.05, 0.1) is 6.16 Å². The summed E-state index contributed by atoms with van der Waals surface area (Å²) in [7, 11) is -1.59. The Kier molecular flexibility index (Phi) is 4.64. The molecule has 3 aromatic rings. The molecule has 0 nitrogen and oxygen atoms in total. The fraction of sp³-hybridized carbons (Fsp3) is 0.182. The van der Waals surface area contributed by atoms with E-state index in [1.54, 1.807) is 0 Å². The average molecular weight is 319 g/mol. The molecule has 0 heterocycles. The molecule has 116 valence electrons. The maximum Gasteiger partial charge on any atom is 0.111 e. The third-order valence-electron chi connectivity index (χ3n) is 4.52. The Hall–Kier alpha value is -1.91. The van der Waals surface area contributed by atoms with Crippen molar-refractivity contribution in [2.75, 3.05) is 6.16 Å². The first kappa shape index (κ1) is 16.0. The van der Waals surface area contributed by atoms with E-state index in [4.69, 9.17) is 0 Å². The molecule has 0 unspecified atom stereocenters. The van der Waals surface area contributed by atoms with Crippen molar-refractivity contribution in [2.24, 2.45) is 0 Å². The fourth-order valence-corrected chi connectivity index (χ4v) is 7.73. The monoisotopic (exact) mass is 319 g/mol. The molecule has 0 amide bonds. The largest absolute Gasteiger partial charge is 0.111 e. The second-order valence-electron chi connectivity index (χ2n) is 6.14. The summed E-state index contributed by atoms with van der Waals surface area (Å²) < 4.78 is 0. The lowest BCUT2D eigenvalue weighted by molar-refractivity contribution is 1.40. The normalized spacial score (nSPS) is 11.4. The summed E-state index contributed by atoms with van der Waals surface area (Å²) >= 11 is 0. The van der Waals surface area contributed by atoms with E-state index in [1.165, 1.54) is 27.0 Å². The molecule has 3 rings (SSSR count). The SMILES string of the molecule is CC[P+](c1ccccc1)(c1ccccc1)c1cc(C)cc(C)c1. The summed E-state index contributed by atoms with van der Waals surface area (Å²) in [6.07, 6.45) is 1.14. The van der Waals surface area contributed by atoms with Gasteiger partial charge in [0.2, 0.25) is 0 Å². The van der Waals surface area contributed by atoms with Crippen molar-refractivity contribution in [1.29, 1.82) is 0 Å². The predicted molar refractivity (Wildman–Crippen MR) is 105 cm³/mol. The zero-order valence-corrected chi connectivity index (χ0v) is 15.1. The van der Waals surface area contributed by atoms with Gasteiger partial charge in [-0.15, -0.1) is 0 Å². The second-order valence-corrected chi connectivity index (χ2v) is 9.94. The minimum absolute atomic E-state index is 1.14. The number of hydrogen-bond acceptors (Lipinski definition) is 0. The van der Waals surface area contributed by atoms with Crippen molar-refractivity contribution in [3.8, 4) is 0 Å². The first-order valence-electron chi connectivity index (χ1n) is 8.25. The molecule has 0 aromatic heterocycles. The van der Waals surface area contributed by atoms with Gasteiger partial charge in [-0.05, 0) is 68.3 Å². The molecule has 0 aliphatic rings. The molecular formula is C22H24P+. The number of benzene rings is 3. The Labute approximate surface area is 140 Å². The minimum atomic E-state index is -1.59. The van der Waals surface area contributed by atoms with Gasteiger partial charge in [-0.3, -0.25) is 0 Å². The van der Waals surface area contributed by atoms with Crippen LogP contribution in [0.1, 0.15) is 18.1 Å². The van der Waals surface area contributed by atoms with Gasteiger partial charge in [0.1, 0.15) is 23.2 Å². The second kappa shape index (κ2) is 6.69. The summed E-state index contributed by atoms with van der Waals surface area (Å²) in [5.74, 6) is 0. The van der Waals surface area contributed by atoms with Crippen LogP contribution in [0, 0.1) is 13.8 Å². The van der Waals surface area contributed by atoms with Gasteiger partial charge in [-0.2, -0.15) is 0 Å². The van der Waals surface area contributed by atoms with E-state index >= 15 is 0 Å². The summed E-state index contributed by atoms with van der Waals surface area (Å²) in [6.45, 7) is 6.75. The van der Waals surface area contributed by atoms with Gasteiger partial charge in [0.15, 0.2) is 0 Å². The van der Waals surface area contributed by atoms with Crippen LogP contribution in [0.4, 0.5) is 0 Å². The van der Waals surface area contributed by atoms with Crippen molar-refractivity contribution in [2.45, 2.75) is 20.8 Å². The molecule has 23 heavy (non-hydrogen) atoms. The van der Waals surface area contributed by atoms with Crippen molar-refractivity contribution in [3.05, 3.63) is 90.0 Å². The van der Waals surface area contributed by atoms with E-state index in [-0.39, 0.29) is 0 Å². The molecule has 0 aliphatic carbocycles. The van der Waals surface area contributed by atoms with Crippen LogP contribution in [-0.4, -0.2) is 6.16 Å². The molecular weight excluding hydrogens is 295 g/mol. The first-order chi connectivity index (χ1) is 11.2. The summed E-state index contributed by atoms with van der Waals surface area (Å²) in [6, 6.07) is 29.2. The minimum Gasteiger partial charge on any atom is -0.0620 e. The molecule has 3 aromatic carbocycles. The summed E-state index contributed by atoms with van der Waals surface area (Å²) in [5, 5.41) is 4.44. The molecule has 0 N–H and O–H groups in total. The third-order valence-corrected chi connectivity index (χ3v) is 8.96. The summed E-state index contributed by atoms with van der Waals surface area (Å²) in [5.41, 5.74) is 2.70. The van der Waals surface area contributed by atoms with E-state index in [0.717, 1.165) is 6.16 Å². The Morgan fingerprint density at radius 3 is 1.43 bits per heavy atom. The van der Waals surface area contributed by atoms with Gasteiger partial charge in [0.25, 0.3) is 0 Å². The van der Waals surface area contributed by atoms with Crippen LogP contribution in [0.5, 0.6) is 0 Å². The Morgan fingerprint density at radius 2 is 1.04 bits per heavy atom. The van der Waals surface area contributed by atoms with E-state index in [0.29, 0.717) is 0 Å². The lowest BCUT2D eigenvalue weighted by atomic mass is 10.2. The van der Waals surface area contributed by atoms with Gasteiger partial charge in [0, 0.05) is 0 Å². The predicted octanol–water partition coefficient (Wildman–Crippen LogP) is 4.62. The van der Waals surface area contributed by atoms with Crippen LogP contribution < -0.4 is 15.9 Å². The topological polar surface area (TPSA) is 0 Å². The maximum atomic E-state index is 2.39. The van der Waals surface area contributed by atoms with Crippen LogP contribution in [-0.2, 0) is 0 Å². The third kappa shape index (κ3) is 2.96.